The second-order valence-electron chi connectivity index (χ2n) is 5.85. The Labute approximate surface area is 115 Å². The Hall–Kier alpha value is -1.10. The highest BCUT2D eigenvalue weighted by molar-refractivity contribution is 5.88. The Morgan fingerprint density at radius 2 is 2.21 bits per heavy atom. The highest BCUT2D eigenvalue weighted by Gasteiger charge is 2.43. The third-order valence-electron chi connectivity index (χ3n) is 4.39. The zero-order chi connectivity index (χ0) is 13.9. The zero-order valence-electron chi connectivity index (χ0n) is 12.1. The molecule has 2 heterocycles. The van der Waals surface area contributed by atoms with Crippen LogP contribution in [0.1, 0.15) is 32.6 Å². The fraction of sp³-hybridized carbons (Fsp3) is 0.857. The lowest BCUT2D eigenvalue weighted by molar-refractivity contribution is -0.145. The van der Waals surface area contributed by atoms with E-state index in [0.717, 1.165) is 45.3 Å². The molecule has 5 heteroatoms. The van der Waals surface area contributed by atoms with Crippen LogP contribution >= 0.6 is 0 Å². The molecule has 108 valence electrons. The van der Waals surface area contributed by atoms with Gasteiger partial charge < -0.3 is 15.1 Å². The summed E-state index contributed by atoms with van der Waals surface area (Å²) >= 11 is 0. The third-order valence-corrected chi connectivity index (χ3v) is 4.39. The first-order chi connectivity index (χ1) is 9.09. The molecule has 2 aliphatic rings. The first kappa shape index (κ1) is 14.3. The summed E-state index contributed by atoms with van der Waals surface area (Å²) in [5.41, 5.74) is -0.266. The first-order valence-electron chi connectivity index (χ1n) is 7.33. The molecule has 2 saturated heterocycles. The van der Waals surface area contributed by atoms with Gasteiger partial charge in [-0.25, -0.2) is 0 Å². The molecular weight excluding hydrogens is 242 g/mol. The molecule has 2 rings (SSSR count). The van der Waals surface area contributed by atoms with E-state index in [2.05, 4.69) is 12.2 Å². The molecule has 0 aromatic carbocycles. The van der Waals surface area contributed by atoms with Crippen molar-refractivity contribution < 1.29 is 9.59 Å². The maximum atomic E-state index is 12.8. The summed E-state index contributed by atoms with van der Waals surface area (Å²) in [7, 11) is 1.81. The molecule has 0 bridgehead atoms. The van der Waals surface area contributed by atoms with Crippen LogP contribution in [0.5, 0.6) is 0 Å². The number of carbonyl (C=O) groups excluding carboxylic acids is 2. The van der Waals surface area contributed by atoms with E-state index < -0.39 is 0 Å². The summed E-state index contributed by atoms with van der Waals surface area (Å²) in [6.07, 6.45) is 3.71. The molecule has 0 spiro atoms. The lowest BCUT2D eigenvalue weighted by Crippen LogP contribution is -2.47. The monoisotopic (exact) mass is 267 g/mol. The Balaban J connectivity index is 2.10. The van der Waals surface area contributed by atoms with Crippen molar-refractivity contribution >= 4 is 11.8 Å². The molecule has 2 amide bonds. The standard InChI is InChI=1S/C14H25N3O2/c1-3-5-14(6-7-15-11-14)13(19)17-9-4-8-16(2)12(18)10-17/h15H,3-11H2,1-2H3. The predicted octanol–water partition coefficient (Wildman–Crippen LogP) is 0.457. The van der Waals surface area contributed by atoms with Crippen molar-refractivity contribution in [1.82, 2.24) is 15.1 Å². The van der Waals surface area contributed by atoms with Gasteiger partial charge in [-0.15, -0.1) is 0 Å². The molecule has 19 heavy (non-hydrogen) atoms. The molecule has 2 fully saturated rings. The maximum absolute atomic E-state index is 12.8. The average Bonchev–Trinajstić information content (AvgIpc) is 2.80. The van der Waals surface area contributed by atoms with Crippen molar-refractivity contribution in [2.75, 3.05) is 39.8 Å². The lowest BCUT2D eigenvalue weighted by Gasteiger charge is -2.32. The third kappa shape index (κ3) is 2.91. The van der Waals surface area contributed by atoms with Crippen LogP contribution in [0.25, 0.3) is 0 Å². The summed E-state index contributed by atoms with van der Waals surface area (Å²) in [5, 5.41) is 3.31. The summed E-state index contributed by atoms with van der Waals surface area (Å²) in [6, 6.07) is 0. The van der Waals surface area contributed by atoms with E-state index in [4.69, 9.17) is 0 Å². The second-order valence-corrected chi connectivity index (χ2v) is 5.85. The largest absolute Gasteiger partial charge is 0.344 e. The summed E-state index contributed by atoms with van der Waals surface area (Å²) in [4.78, 5) is 28.3. The predicted molar refractivity (Wildman–Crippen MR) is 73.7 cm³/mol. The summed E-state index contributed by atoms with van der Waals surface area (Å²) in [6.45, 7) is 5.51. The van der Waals surface area contributed by atoms with Gasteiger partial charge in [-0.3, -0.25) is 9.59 Å². The number of rotatable bonds is 3. The number of hydrogen-bond donors (Lipinski definition) is 1. The van der Waals surface area contributed by atoms with Gasteiger partial charge in [0.15, 0.2) is 0 Å². The van der Waals surface area contributed by atoms with Crippen LogP contribution in [0.15, 0.2) is 0 Å². The van der Waals surface area contributed by atoms with E-state index in [1.54, 1.807) is 9.80 Å². The van der Waals surface area contributed by atoms with Crippen molar-refractivity contribution in [3.63, 3.8) is 0 Å². The van der Waals surface area contributed by atoms with Crippen LogP contribution in [-0.2, 0) is 9.59 Å². The lowest BCUT2D eigenvalue weighted by atomic mass is 9.81. The summed E-state index contributed by atoms with van der Waals surface area (Å²) < 4.78 is 0. The van der Waals surface area contributed by atoms with E-state index in [-0.39, 0.29) is 23.8 Å². The minimum Gasteiger partial charge on any atom is -0.344 e. The normalized spacial score (nSPS) is 28.6. The van der Waals surface area contributed by atoms with Gasteiger partial charge in [0.2, 0.25) is 11.8 Å². The van der Waals surface area contributed by atoms with Crippen LogP contribution in [-0.4, -0.2) is 61.4 Å². The molecule has 1 N–H and O–H groups in total. The minimum atomic E-state index is -0.266. The quantitative estimate of drug-likeness (QED) is 0.808. The fourth-order valence-electron chi connectivity index (χ4n) is 3.22. The topological polar surface area (TPSA) is 52.7 Å². The molecule has 5 nitrogen and oxygen atoms in total. The minimum absolute atomic E-state index is 0.0588. The average molecular weight is 267 g/mol. The van der Waals surface area contributed by atoms with Crippen LogP contribution in [0.4, 0.5) is 0 Å². The molecule has 0 saturated carbocycles. The van der Waals surface area contributed by atoms with E-state index in [1.807, 2.05) is 7.05 Å². The number of nitrogens with one attached hydrogen (secondary N) is 1. The van der Waals surface area contributed by atoms with Crippen molar-refractivity contribution in [1.29, 1.82) is 0 Å². The van der Waals surface area contributed by atoms with Gasteiger partial charge in [0.25, 0.3) is 0 Å². The van der Waals surface area contributed by atoms with Gasteiger partial charge in [0.1, 0.15) is 0 Å². The van der Waals surface area contributed by atoms with Gasteiger partial charge in [0, 0.05) is 26.7 Å². The molecule has 0 aliphatic carbocycles. The van der Waals surface area contributed by atoms with Crippen molar-refractivity contribution in [2.24, 2.45) is 5.41 Å². The van der Waals surface area contributed by atoms with E-state index in [1.165, 1.54) is 0 Å². The molecule has 1 atom stereocenters. The Kier molecular flexibility index (Phi) is 4.45. The second kappa shape index (κ2) is 5.90. The number of hydrogen-bond acceptors (Lipinski definition) is 3. The van der Waals surface area contributed by atoms with Crippen LogP contribution < -0.4 is 5.32 Å². The molecular formula is C14H25N3O2. The molecule has 2 aliphatic heterocycles. The SMILES string of the molecule is CCCC1(C(=O)N2CCCN(C)C(=O)C2)CCNC1. The van der Waals surface area contributed by atoms with Crippen LogP contribution in [0.3, 0.4) is 0 Å². The maximum Gasteiger partial charge on any atom is 0.241 e. The number of likely N-dealkylation sites (N-methyl/N-ethyl adjacent to an activating group) is 1. The number of amides is 2. The number of carbonyl (C=O) groups is 2. The first-order valence-corrected chi connectivity index (χ1v) is 7.33. The highest BCUT2D eigenvalue weighted by atomic mass is 16.2. The van der Waals surface area contributed by atoms with Crippen molar-refractivity contribution in [3.8, 4) is 0 Å². The smallest absolute Gasteiger partial charge is 0.241 e. The molecule has 0 aromatic rings. The molecule has 0 radical (unpaired) electrons. The summed E-state index contributed by atoms with van der Waals surface area (Å²) in [5.74, 6) is 0.242. The van der Waals surface area contributed by atoms with Crippen LogP contribution in [0, 0.1) is 5.41 Å². The van der Waals surface area contributed by atoms with E-state index >= 15 is 0 Å². The van der Waals surface area contributed by atoms with Gasteiger partial charge in [-0.05, 0) is 25.8 Å². The highest BCUT2D eigenvalue weighted by Crippen LogP contribution is 2.33. The Morgan fingerprint density at radius 3 is 2.84 bits per heavy atom. The van der Waals surface area contributed by atoms with Gasteiger partial charge >= 0.3 is 0 Å². The zero-order valence-corrected chi connectivity index (χ0v) is 12.1. The van der Waals surface area contributed by atoms with Gasteiger partial charge in [-0.2, -0.15) is 0 Å². The molecule has 0 aromatic heterocycles. The Morgan fingerprint density at radius 1 is 1.42 bits per heavy atom. The van der Waals surface area contributed by atoms with Crippen molar-refractivity contribution in [3.05, 3.63) is 0 Å². The van der Waals surface area contributed by atoms with Crippen molar-refractivity contribution in [2.45, 2.75) is 32.6 Å². The van der Waals surface area contributed by atoms with Gasteiger partial charge in [0.05, 0.1) is 12.0 Å². The van der Waals surface area contributed by atoms with Crippen LogP contribution in [0.2, 0.25) is 0 Å². The number of nitrogens with zero attached hydrogens (tertiary/aromatic N) is 2. The fourth-order valence-corrected chi connectivity index (χ4v) is 3.22. The van der Waals surface area contributed by atoms with Gasteiger partial charge in [-0.1, -0.05) is 13.3 Å². The Bertz CT molecular complexity index is 351. The molecule has 1 unspecified atom stereocenters. The van der Waals surface area contributed by atoms with E-state index in [9.17, 15) is 9.59 Å². The van der Waals surface area contributed by atoms with E-state index in [0.29, 0.717) is 6.54 Å².